The smallest absolute Gasteiger partial charge is 0.246 e. The standard InChI is InChI=1S/C11H21N3O2/c1-5-7-11(3,12)10-13-9(14-16-10)8(6-2)15-4/h8H,5-7,12H2,1-4H3. The highest BCUT2D eigenvalue weighted by atomic mass is 16.5. The molecule has 5 heteroatoms. The van der Waals surface area contributed by atoms with E-state index < -0.39 is 5.54 Å². The molecule has 2 atom stereocenters. The predicted octanol–water partition coefficient (Wildman–Crippen LogP) is 2.14. The van der Waals surface area contributed by atoms with E-state index in [4.69, 9.17) is 15.0 Å². The minimum atomic E-state index is -0.550. The van der Waals surface area contributed by atoms with E-state index in [9.17, 15) is 0 Å². The molecular weight excluding hydrogens is 206 g/mol. The van der Waals surface area contributed by atoms with Crippen molar-refractivity contribution >= 4 is 0 Å². The van der Waals surface area contributed by atoms with E-state index in [0.717, 1.165) is 19.3 Å². The number of ether oxygens (including phenoxy) is 1. The van der Waals surface area contributed by atoms with Gasteiger partial charge in [0.1, 0.15) is 6.10 Å². The molecule has 0 amide bonds. The van der Waals surface area contributed by atoms with E-state index in [1.165, 1.54) is 0 Å². The zero-order valence-corrected chi connectivity index (χ0v) is 10.5. The molecule has 2 N–H and O–H groups in total. The van der Waals surface area contributed by atoms with Crippen LogP contribution in [0.2, 0.25) is 0 Å². The van der Waals surface area contributed by atoms with E-state index in [0.29, 0.717) is 11.7 Å². The molecule has 92 valence electrons. The number of aromatic nitrogens is 2. The van der Waals surface area contributed by atoms with Gasteiger partial charge in [0.2, 0.25) is 11.7 Å². The van der Waals surface area contributed by atoms with Crippen molar-refractivity contribution < 1.29 is 9.26 Å². The molecule has 0 aliphatic heterocycles. The Morgan fingerprint density at radius 1 is 1.50 bits per heavy atom. The first-order valence-electron chi connectivity index (χ1n) is 5.70. The molecule has 0 saturated heterocycles. The molecule has 0 fully saturated rings. The number of nitrogens with two attached hydrogens (primary N) is 1. The Labute approximate surface area is 96.4 Å². The summed E-state index contributed by atoms with van der Waals surface area (Å²) in [7, 11) is 1.64. The van der Waals surface area contributed by atoms with Crippen LogP contribution < -0.4 is 5.73 Å². The lowest BCUT2D eigenvalue weighted by Crippen LogP contribution is -2.33. The highest BCUT2D eigenvalue weighted by Gasteiger charge is 2.28. The second-order valence-electron chi connectivity index (χ2n) is 4.26. The van der Waals surface area contributed by atoms with Gasteiger partial charge in [0, 0.05) is 7.11 Å². The Bertz CT molecular complexity index is 319. The summed E-state index contributed by atoms with van der Waals surface area (Å²) >= 11 is 0. The SMILES string of the molecule is CCCC(C)(N)c1nc(C(CC)OC)no1. The lowest BCUT2D eigenvalue weighted by Gasteiger charge is -2.18. The third-order valence-corrected chi connectivity index (χ3v) is 2.64. The van der Waals surface area contributed by atoms with Gasteiger partial charge in [-0.1, -0.05) is 25.4 Å². The number of hydrogen-bond donors (Lipinski definition) is 1. The Morgan fingerprint density at radius 2 is 2.19 bits per heavy atom. The Hall–Kier alpha value is -0.940. The molecule has 0 radical (unpaired) electrons. The summed E-state index contributed by atoms with van der Waals surface area (Å²) in [5.74, 6) is 1.06. The van der Waals surface area contributed by atoms with Crippen molar-refractivity contribution in [1.29, 1.82) is 0 Å². The fourth-order valence-electron chi connectivity index (χ4n) is 1.68. The van der Waals surface area contributed by atoms with Crippen LogP contribution in [0.4, 0.5) is 0 Å². The molecular formula is C11H21N3O2. The Kier molecular flexibility index (Phi) is 4.44. The molecule has 5 nitrogen and oxygen atoms in total. The number of hydrogen-bond acceptors (Lipinski definition) is 5. The van der Waals surface area contributed by atoms with Crippen LogP contribution in [0.3, 0.4) is 0 Å². The molecule has 1 aromatic rings. The van der Waals surface area contributed by atoms with Gasteiger partial charge in [-0.15, -0.1) is 0 Å². The van der Waals surface area contributed by atoms with Gasteiger partial charge in [-0.2, -0.15) is 4.98 Å². The summed E-state index contributed by atoms with van der Waals surface area (Å²) in [5.41, 5.74) is 5.56. The monoisotopic (exact) mass is 227 g/mol. The summed E-state index contributed by atoms with van der Waals surface area (Å²) in [4.78, 5) is 4.31. The molecule has 1 rings (SSSR count). The summed E-state index contributed by atoms with van der Waals surface area (Å²) in [6.07, 6.45) is 2.49. The second kappa shape index (κ2) is 5.41. The van der Waals surface area contributed by atoms with Gasteiger partial charge in [-0.3, -0.25) is 0 Å². The van der Waals surface area contributed by atoms with Crippen LogP contribution in [0.15, 0.2) is 4.52 Å². The summed E-state index contributed by atoms with van der Waals surface area (Å²) in [6.45, 7) is 5.99. The molecule has 0 aromatic carbocycles. The molecule has 0 spiro atoms. The van der Waals surface area contributed by atoms with Crippen molar-refractivity contribution in [2.75, 3.05) is 7.11 Å². The van der Waals surface area contributed by atoms with E-state index >= 15 is 0 Å². The van der Waals surface area contributed by atoms with Crippen molar-refractivity contribution in [3.63, 3.8) is 0 Å². The largest absolute Gasteiger partial charge is 0.373 e. The zero-order chi connectivity index (χ0) is 12.2. The van der Waals surface area contributed by atoms with Crippen LogP contribution in [0.5, 0.6) is 0 Å². The maximum atomic E-state index is 6.11. The van der Waals surface area contributed by atoms with Crippen LogP contribution in [-0.4, -0.2) is 17.3 Å². The topological polar surface area (TPSA) is 74.2 Å². The van der Waals surface area contributed by atoms with E-state index in [2.05, 4.69) is 17.1 Å². The molecule has 0 saturated carbocycles. The van der Waals surface area contributed by atoms with E-state index in [1.807, 2.05) is 13.8 Å². The van der Waals surface area contributed by atoms with Crippen LogP contribution in [0.25, 0.3) is 0 Å². The first kappa shape index (κ1) is 13.1. The number of methoxy groups -OCH3 is 1. The van der Waals surface area contributed by atoms with Crippen LogP contribution in [0, 0.1) is 0 Å². The fraction of sp³-hybridized carbons (Fsp3) is 0.818. The predicted molar refractivity (Wildman–Crippen MR) is 60.8 cm³/mol. The minimum Gasteiger partial charge on any atom is -0.373 e. The van der Waals surface area contributed by atoms with E-state index in [1.54, 1.807) is 7.11 Å². The van der Waals surface area contributed by atoms with Gasteiger partial charge in [0.05, 0.1) is 5.54 Å². The molecule has 0 bridgehead atoms. The summed E-state index contributed by atoms with van der Waals surface area (Å²) in [6, 6.07) is 0. The highest BCUT2D eigenvalue weighted by molar-refractivity contribution is 5.01. The Morgan fingerprint density at radius 3 is 2.69 bits per heavy atom. The maximum absolute atomic E-state index is 6.11. The molecule has 1 aromatic heterocycles. The molecule has 16 heavy (non-hydrogen) atoms. The van der Waals surface area contributed by atoms with Gasteiger partial charge in [-0.05, 0) is 19.8 Å². The van der Waals surface area contributed by atoms with Crippen LogP contribution >= 0.6 is 0 Å². The lowest BCUT2D eigenvalue weighted by atomic mass is 9.98. The van der Waals surface area contributed by atoms with Crippen molar-refractivity contribution in [1.82, 2.24) is 10.1 Å². The van der Waals surface area contributed by atoms with Gasteiger partial charge >= 0.3 is 0 Å². The highest BCUT2D eigenvalue weighted by Crippen LogP contribution is 2.24. The molecule has 1 heterocycles. The summed E-state index contributed by atoms with van der Waals surface area (Å²) in [5, 5.41) is 3.92. The number of nitrogens with zero attached hydrogens (tertiary/aromatic N) is 2. The van der Waals surface area contributed by atoms with Crippen molar-refractivity contribution in [2.24, 2.45) is 5.73 Å². The summed E-state index contributed by atoms with van der Waals surface area (Å²) < 4.78 is 10.4. The normalized spacial score (nSPS) is 17.1. The minimum absolute atomic E-state index is 0.116. The first-order chi connectivity index (χ1) is 7.55. The van der Waals surface area contributed by atoms with Gasteiger partial charge in [-0.25, -0.2) is 0 Å². The molecule has 0 aliphatic carbocycles. The quantitative estimate of drug-likeness (QED) is 0.805. The van der Waals surface area contributed by atoms with Gasteiger partial charge in [0.25, 0.3) is 0 Å². The average Bonchev–Trinajstić information content (AvgIpc) is 2.69. The van der Waals surface area contributed by atoms with Crippen molar-refractivity contribution in [2.45, 2.75) is 51.7 Å². The third kappa shape index (κ3) is 2.80. The van der Waals surface area contributed by atoms with Gasteiger partial charge in [0.15, 0.2) is 0 Å². The van der Waals surface area contributed by atoms with Crippen molar-refractivity contribution in [3.8, 4) is 0 Å². The van der Waals surface area contributed by atoms with Crippen LogP contribution in [0.1, 0.15) is 57.9 Å². The maximum Gasteiger partial charge on any atom is 0.246 e. The third-order valence-electron chi connectivity index (χ3n) is 2.64. The Balaban J connectivity index is 2.85. The van der Waals surface area contributed by atoms with Crippen LogP contribution in [-0.2, 0) is 10.3 Å². The number of rotatable bonds is 6. The molecule has 2 unspecified atom stereocenters. The lowest BCUT2D eigenvalue weighted by molar-refractivity contribution is 0.0903. The average molecular weight is 227 g/mol. The van der Waals surface area contributed by atoms with Gasteiger partial charge < -0.3 is 15.0 Å². The molecule has 0 aliphatic rings. The zero-order valence-electron chi connectivity index (χ0n) is 10.5. The second-order valence-corrected chi connectivity index (χ2v) is 4.26. The van der Waals surface area contributed by atoms with E-state index in [-0.39, 0.29) is 6.10 Å². The first-order valence-corrected chi connectivity index (χ1v) is 5.70. The van der Waals surface area contributed by atoms with Crippen molar-refractivity contribution in [3.05, 3.63) is 11.7 Å². The fourth-order valence-corrected chi connectivity index (χ4v) is 1.68.